The number of hydrogen-bond donors (Lipinski definition) is 1. The molecule has 0 unspecified atom stereocenters. The van der Waals surface area contributed by atoms with Crippen molar-refractivity contribution in [2.24, 2.45) is 0 Å². The van der Waals surface area contributed by atoms with Crippen LogP contribution in [-0.2, 0) is 5.75 Å². The molecular formula is C11H9BrFNS2. The minimum atomic E-state index is -0.292. The van der Waals surface area contributed by atoms with Gasteiger partial charge in [0.25, 0.3) is 0 Å². The largest absolute Gasteiger partial charge is 0.398 e. The van der Waals surface area contributed by atoms with Gasteiger partial charge >= 0.3 is 0 Å². The summed E-state index contributed by atoms with van der Waals surface area (Å²) in [5.74, 6) is 0.554. The van der Waals surface area contributed by atoms with Crippen LogP contribution in [0.1, 0.15) is 5.56 Å². The average molecular weight is 318 g/mol. The van der Waals surface area contributed by atoms with Crippen LogP contribution in [0, 0.1) is 5.82 Å². The van der Waals surface area contributed by atoms with Crippen molar-refractivity contribution in [2.45, 2.75) is 10.6 Å². The molecule has 0 bridgehead atoms. The number of anilines is 1. The molecule has 0 amide bonds. The lowest BCUT2D eigenvalue weighted by atomic mass is 10.3. The first kappa shape index (κ1) is 12.0. The summed E-state index contributed by atoms with van der Waals surface area (Å²) in [6.07, 6.45) is 0. The highest BCUT2D eigenvalue weighted by molar-refractivity contribution is 9.11. The van der Waals surface area contributed by atoms with Crippen LogP contribution in [0.15, 0.2) is 38.3 Å². The summed E-state index contributed by atoms with van der Waals surface area (Å²) in [5, 5.41) is 2.09. The van der Waals surface area contributed by atoms with E-state index in [1.165, 1.54) is 17.7 Å². The lowest BCUT2D eigenvalue weighted by Crippen LogP contribution is -1.89. The lowest BCUT2D eigenvalue weighted by Gasteiger charge is -2.04. The minimum absolute atomic E-state index is 0.292. The van der Waals surface area contributed by atoms with E-state index < -0.39 is 0 Å². The summed E-state index contributed by atoms with van der Waals surface area (Å²) in [7, 11) is 0. The Morgan fingerprint density at radius 3 is 2.81 bits per heavy atom. The molecule has 0 atom stereocenters. The molecule has 0 spiro atoms. The van der Waals surface area contributed by atoms with Gasteiger partial charge in [-0.15, -0.1) is 23.1 Å². The van der Waals surface area contributed by atoms with Crippen molar-refractivity contribution < 1.29 is 4.39 Å². The Balaban J connectivity index is 2.04. The first-order valence-corrected chi connectivity index (χ1v) is 7.22. The number of halogens is 2. The minimum Gasteiger partial charge on any atom is -0.398 e. The summed E-state index contributed by atoms with van der Waals surface area (Å²) in [6.45, 7) is 0. The second-order valence-corrected chi connectivity index (χ2v) is 6.54. The maximum atomic E-state index is 12.8. The van der Waals surface area contributed by atoms with Gasteiger partial charge in [0.05, 0.1) is 3.79 Å². The first-order valence-electron chi connectivity index (χ1n) is 4.56. The summed E-state index contributed by atoms with van der Waals surface area (Å²) in [6, 6.07) is 6.59. The van der Waals surface area contributed by atoms with E-state index in [0.717, 1.165) is 14.4 Å². The van der Waals surface area contributed by atoms with Crippen molar-refractivity contribution in [1.82, 2.24) is 0 Å². The third-order valence-electron chi connectivity index (χ3n) is 1.99. The predicted octanol–water partition coefficient (Wildman–Crippen LogP) is 4.52. The molecule has 1 aromatic carbocycles. The number of nitrogens with two attached hydrogens (primary N) is 1. The van der Waals surface area contributed by atoms with Gasteiger partial charge in [0, 0.05) is 16.3 Å². The summed E-state index contributed by atoms with van der Waals surface area (Å²) >= 11 is 6.69. The highest BCUT2D eigenvalue weighted by Gasteiger charge is 2.03. The molecule has 2 rings (SSSR count). The molecule has 0 fully saturated rings. The Hall–Kier alpha value is -0.520. The van der Waals surface area contributed by atoms with Gasteiger partial charge in [0.15, 0.2) is 0 Å². The highest BCUT2D eigenvalue weighted by atomic mass is 79.9. The van der Waals surface area contributed by atoms with Crippen LogP contribution >= 0.6 is 39.0 Å². The molecule has 0 saturated heterocycles. The molecule has 16 heavy (non-hydrogen) atoms. The number of rotatable bonds is 3. The van der Waals surface area contributed by atoms with Crippen molar-refractivity contribution >= 4 is 44.7 Å². The van der Waals surface area contributed by atoms with E-state index >= 15 is 0 Å². The van der Waals surface area contributed by atoms with Gasteiger partial charge in [-0.2, -0.15) is 0 Å². The van der Waals surface area contributed by atoms with Crippen molar-refractivity contribution in [1.29, 1.82) is 0 Å². The molecule has 0 aliphatic rings. The standard InChI is InChI=1S/C11H9BrFNS2/c12-11-3-7(6-16-11)5-15-10-2-1-8(13)4-9(10)14/h1-4,6H,5,14H2. The van der Waals surface area contributed by atoms with Gasteiger partial charge in [-0.05, 0) is 51.1 Å². The predicted molar refractivity (Wildman–Crippen MR) is 72.4 cm³/mol. The fourth-order valence-electron chi connectivity index (χ4n) is 1.23. The Bertz CT molecular complexity index is 498. The quantitative estimate of drug-likeness (QED) is 0.665. The molecule has 0 aliphatic heterocycles. The van der Waals surface area contributed by atoms with Crippen molar-refractivity contribution in [3.8, 4) is 0 Å². The lowest BCUT2D eigenvalue weighted by molar-refractivity contribution is 0.627. The molecule has 1 aromatic heterocycles. The first-order chi connectivity index (χ1) is 7.65. The molecule has 5 heteroatoms. The number of thioether (sulfide) groups is 1. The van der Waals surface area contributed by atoms with Crippen molar-refractivity contribution in [3.63, 3.8) is 0 Å². The molecule has 1 heterocycles. The van der Waals surface area contributed by atoms with Crippen molar-refractivity contribution in [2.75, 3.05) is 5.73 Å². The zero-order valence-corrected chi connectivity index (χ0v) is 11.5. The number of hydrogen-bond acceptors (Lipinski definition) is 3. The highest BCUT2D eigenvalue weighted by Crippen LogP contribution is 2.31. The van der Waals surface area contributed by atoms with Crippen LogP contribution in [0.2, 0.25) is 0 Å². The summed E-state index contributed by atoms with van der Waals surface area (Å²) in [5.41, 5.74) is 7.46. The molecule has 84 valence electrons. The zero-order chi connectivity index (χ0) is 11.5. The summed E-state index contributed by atoms with van der Waals surface area (Å²) < 4.78 is 13.9. The molecule has 0 radical (unpaired) electrons. The van der Waals surface area contributed by atoms with Crippen LogP contribution in [-0.4, -0.2) is 0 Å². The number of thiophene rings is 1. The number of benzene rings is 1. The van der Waals surface area contributed by atoms with Crippen LogP contribution in [0.4, 0.5) is 10.1 Å². The Morgan fingerprint density at radius 1 is 1.38 bits per heavy atom. The topological polar surface area (TPSA) is 26.0 Å². The maximum absolute atomic E-state index is 12.8. The van der Waals surface area contributed by atoms with E-state index in [9.17, 15) is 4.39 Å². The van der Waals surface area contributed by atoms with E-state index in [-0.39, 0.29) is 5.82 Å². The third kappa shape index (κ3) is 2.99. The van der Waals surface area contributed by atoms with Gasteiger partial charge in [-0.3, -0.25) is 0 Å². The second-order valence-electron chi connectivity index (χ2n) is 3.23. The smallest absolute Gasteiger partial charge is 0.125 e. The second kappa shape index (κ2) is 5.21. The van der Waals surface area contributed by atoms with Crippen LogP contribution < -0.4 is 5.73 Å². The van der Waals surface area contributed by atoms with E-state index in [0.29, 0.717) is 5.69 Å². The molecule has 2 aromatic rings. The van der Waals surface area contributed by atoms with Crippen LogP contribution in [0.5, 0.6) is 0 Å². The zero-order valence-electron chi connectivity index (χ0n) is 8.24. The monoisotopic (exact) mass is 317 g/mol. The molecule has 0 aliphatic carbocycles. The van der Waals surface area contributed by atoms with Crippen LogP contribution in [0.3, 0.4) is 0 Å². The van der Waals surface area contributed by atoms with E-state index in [4.69, 9.17) is 5.73 Å². The third-order valence-corrected chi connectivity index (χ3v) is 4.70. The van der Waals surface area contributed by atoms with Crippen LogP contribution in [0.25, 0.3) is 0 Å². The van der Waals surface area contributed by atoms with E-state index in [2.05, 4.69) is 27.4 Å². The van der Waals surface area contributed by atoms with E-state index in [1.807, 2.05) is 0 Å². The number of nitrogen functional groups attached to an aromatic ring is 1. The normalized spacial score (nSPS) is 10.6. The fraction of sp³-hybridized carbons (Fsp3) is 0.0909. The Labute approximate surface area is 110 Å². The molecule has 0 saturated carbocycles. The van der Waals surface area contributed by atoms with Gasteiger partial charge in [0.2, 0.25) is 0 Å². The van der Waals surface area contributed by atoms with Gasteiger partial charge in [-0.1, -0.05) is 0 Å². The molecular weight excluding hydrogens is 309 g/mol. The van der Waals surface area contributed by atoms with Gasteiger partial charge < -0.3 is 5.73 Å². The molecule has 2 N–H and O–H groups in total. The SMILES string of the molecule is Nc1cc(F)ccc1SCc1csc(Br)c1. The van der Waals surface area contributed by atoms with Gasteiger partial charge in [-0.25, -0.2) is 4.39 Å². The Morgan fingerprint density at radius 2 is 2.19 bits per heavy atom. The summed E-state index contributed by atoms with van der Waals surface area (Å²) in [4.78, 5) is 0.920. The average Bonchev–Trinajstić information content (AvgIpc) is 2.63. The maximum Gasteiger partial charge on any atom is 0.125 e. The van der Waals surface area contributed by atoms with Crippen molar-refractivity contribution in [3.05, 3.63) is 44.8 Å². The molecule has 1 nitrogen and oxygen atoms in total. The fourth-order valence-corrected chi connectivity index (χ4v) is 3.43. The van der Waals surface area contributed by atoms with E-state index in [1.54, 1.807) is 29.2 Å². The Kier molecular flexibility index (Phi) is 3.89. The van der Waals surface area contributed by atoms with Gasteiger partial charge in [0.1, 0.15) is 5.82 Å².